The normalized spacial score (nSPS) is 12.6. The molecule has 2 nitrogen and oxygen atoms in total. The lowest BCUT2D eigenvalue weighted by atomic mass is 10.1. The van der Waals surface area contributed by atoms with Crippen LogP contribution in [-0.4, -0.2) is 11.1 Å². The molecule has 21 heavy (non-hydrogen) atoms. The van der Waals surface area contributed by atoms with Gasteiger partial charge >= 0.3 is 0 Å². The molecule has 1 N–H and O–H groups in total. The first-order chi connectivity index (χ1) is 10.0. The van der Waals surface area contributed by atoms with Crippen LogP contribution in [0.4, 0.5) is 8.78 Å². The van der Waals surface area contributed by atoms with Crippen molar-refractivity contribution >= 4 is 15.9 Å². The van der Waals surface area contributed by atoms with Crippen molar-refractivity contribution in [2.75, 3.05) is 6.54 Å². The highest BCUT2D eigenvalue weighted by Gasteiger charge is 2.15. The fourth-order valence-electron chi connectivity index (χ4n) is 2.31. The minimum atomic E-state index is -0.538. The minimum absolute atomic E-state index is 0.0736. The van der Waals surface area contributed by atoms with Crippen molar-refractivity contribution in [3.05, 3.63) is 57.8 Å². The molecule has 114 valence electrons. The molecule has 1 atom stereocenters. The maximum Gasteiger partial charge on any atom is 0.145 e. The van der Waals surface area contributed by atoms with E-state index in [9.17, 15) is 8.78 Å². The Morgan fingerprint density at radius 2 is 2.05 bits per heavy atom. The van der Waals surface area contributed by atoms with Crippen molar-refractivity contribution in [3.63, 3.8) is 0 Å². The van der Waals surface area contributed by atoms with Gasteiger partial charge in [-0.3, -0.25) is 0 Å². The number of halogens is 3. The molecule has 1 unspecified atom stereocenters. The molecule has 0 aliphatic carbocycles. The van der Waals surface area contributed by atoms with Crippen molar-refractivity contribution in [1.29, 1.82) is 0 Å². The monoisotopic (exact) mass is 356 g/mol. The number of hydrogen-bond donors (Lipinski definition) is 1. The van der Waals surface area contributed by atoms with Crippen LogP contribution in [0.1, 0.15) is 37.6 Å². The molecule has 0 aliphatic heterocycles. The van der Waals surface area contributed by atoms with Gasteiger partial charge in [0.15, 0.2) is 0 Å². The fraction of sp³-hybridized carbons (Fsp3) is 0.375. The maximum atomic E-state index is 14.1. The van der Waals surface area contributed by atoms with Crippen LogP contribution >= 0.6 is 15.9 Å². The Kier molecular flexibility index (Phi) is 5.53. The highest BCUT2D eigenvalue weighted by Crippen LogP contribution is 2.24. The van der Waals surface area contributed by atoms with Gasteiger partial charge in [0.2, 0.25) is 0 Å². The summed E-state index contributed by atoms with van der Waals surface area (Å²) in [6.07, 6.45) is 2.89. The lowest BCUT2D eigenvalue weighted by Crippen LogP contribution is -2.22. The predicted molar refractivity (Wildman–Crippen MR) is 84.3 cm³/mol. The summed E-state index contributed by atoms with van der Waals surface area (Å²) in [4.78, 5) is 0. The summed E-state index contributed by atoms with van der Waals surface area (Å²) in [6.45, 7) is 5.24. The molecule has 1 heterocycles. The molecule has 0 saturated carbocycles. The molecule has 2 rings (SSSR count). The average molecular weight is 357 g/mol. The number of nitrogens with one attached hydrogen (secondary N) is 1. The van der Waals surface area contributed by atoms with E-state index in [0.29, 0.717) is 0 Å². The molecule has 1 aromatic heterocycles. The first-order valence-electron chi connectivity index (χ1n) is 7.05. The van der Waals surface area contributed by atoms with Gasteiger partial charge < -0.3 is 9.88 Å². The Labute approximate surface area is 132 Å². The average Bonchev–Trinajstić information content (AvgIpc) is 2.93. The molecule has 0 bridgehead atoms. The highest BCUT2D eigenvalue weighted by atomic mass is 79.9. The van der Waals surface area contributed by atoms with Gasteiger partial charge in [0.1, 0.15) is 11.6 Å². The van der Waals surface area contributed by atoms with Gasteiger partial charge in [0, 0.05) is 23.5 Å². The van der Waals surface area contributed by atoms with Gasteiger partial charge in [0.25, 0.3) is 0 Å². The Balaban J connectivity index is 2.25. The molecule has 5 heteroatoms. The summed E-state index contributed by atoms with van der Waals surface area (Å²) in [5.74, 6) is -1.06. The Hall–Kier alpha value is -1.20. The number of hydrogen-bond acceptors (Lipinski definition) is 1. The Morgan fingerprint density at radius 3 is 2.76 bits per heavy atom. The van der Waals surface area contributed by atoms with Crippen LogP contribution in [-0.2, 0) is 6.54 Å². The second-order valence-corrected chi connectivity index (χ2v) is 5.91. The van der Waals surface area contributed by atoms with Crippen molar-refractivity contribution in [2.45, 2.75) is 32.9 Å². The van der Waals surface area contributed by atoms with E-state index in [1.54, 1.807) is 0 Å². The van der Waals surface area contributed by atoms with E-state index in [2.05, 4.69) is 35.1 Å². The van der Waals surface area contributed by atoms with E-state index in [4.69, 9.17) is 0 Å². The second-order valence-electron chi connectivity index (χ2n) is 5.06. The fourth-order valence-corrected chi connectivity index (χ4v) is 2.69. The van der Waals surface area contributed by atoms with E-state index in [1.807, 2.05) is 22.9 Å². The molecule has 0 radical (unpaired) electrons. The standard InChI is InChI=1S/C16H19BrF2N2/c1-3-8-20-11(2)15-5-4-9-21(15)10-12-14(18)7-6-13(17)16(12)19/h4-7,9,11,20H,3,8,10H2,1-2H3. The zero-order valence-electron chi connectivity index (χ0n) is 12.2. The SMILES string of the molecule is CCCNC(C)c1cccn1Cc1c(F)ccc(Br)c1F. The van der Waals surface area contributed by atoms with Gasteiger partial charge in [-0.25, -0.2) is 8.78 Å². The van der Waals surface area contributed by atoms with Crippen molar-refractivity contribution in [3.8, 4) is 0 Å². The number of nitrogens with zero attached hydrogens (tertiary/aromatic N) is 1. The van der Waals surface area contributed by atoms with Crippen LogP contribution in [0.25, 0.3) is 0 Å². The number of benzene rings is 1. The van der Waals surface area contributed by atoms with Gasteiger partial charge in [0.05, 0.1) is 11.0 Å². The maximum absolute atomic E-state index is 14.1. The van der Waals surface area contributed by atoms with Gasteiger partial charge in [-0.15, -0.1) is 0 Å². The van der Waals surface area contributed by atoms with Gasteiger partial charge in [-0.05, 0) is 60.1 Å². The van der Waals surface area contributed by atoms with E-state index in [-0.39, 0.29) is 22.6 Å². The van der Waals surface area contributed by atoms with E-state index < -0.39 is 11.6 Å². The van der Waals surface area contributed by atoms with Crippen LogP contribution in [0.15, 0.2) is 34.9 Å². The first-order valence-corrected chi connectivity index (χ1v) is 7.84. The van der Waals surface area contributed by atoms with Crippen molar-refractivity contribution in [2.24, 2.45) is 0 Å². The molecule has 0 amide bonds. The topological polar surface area (TPSA) is 17.0 Å². The van der Waals surface area contributed by atoms with Crippen LogP contribution in [0, 0.1) is 11.6 Å². The van der Waals surface area contributed by atoms with Gasteiger partial charge in [-0.1, -0.05) is 6.92 Å². The summed E-state index contributed by atoms with van der Waals surface area (Å²) < 4.78 is 30.1. The zero-order chi connectivity index (χ0) is 15.4. The second kappa shape index (κ2) is 7.18. The molecular weight excluding hydrogens is 338 g/mol. The zero-order valence-corrected chi connectivity index (χ0v) is 13.8. The van der Waals surface area contributed by atoms with E-state index in [1.165, 1.54) is 12.1 Å². The third kappa shape index (κ3) is 3.71. The van der Waals surface area contributed by atoms with E-state index in [0.717, 1.165) is 18.7 Å². The van der Waals surface area contributed by atoms with Gasteiger partial charge in [-0.2, -0.15) is 0 Å². The summed E-state index contributed by atoms with van der Waals surface area (Å²) in [5, 5.41) is 3.38. The van der Waals surface area contributed by atoms with Crippen molar-refractivity contribution < 1.29 is 8.78 Å². The summed E-state index contributed by atoms with van der Waals surface area (Å²) >= 11 is 3.10. The van der Waals surface area contributed by atoms with Crippen LogP contribution in [0.3, 0.4) is 0 Å². The smallest absolute Gasteiger partial charge is 0.145 e. The summed E-state index contributed by atoms with van der Waals surface area (Å²) in [7, 11) is 0. The number of aromatic nitrogens is 1. The van der Waals surface area contributed by atoms with Crippen LogP contribution in [0.2, 0.25) is 0 Å². The number of rotatable bonds is 6. The molecule has 0 fully saturated rings. The van der Waals surface area contributed by atoms with Crippen LogP contribution in [0.5, 0.6) is 0 Å². The lowest BCUT2D eigenvalue weighted by Gasteiger charge is -2.17. The molecule has 1 aromatic carbocycles. The lowest BCUT2D eigenvalue weighted by molar-refractivity contribution is 0.512. The molecule has 2 aromatic rings. The quantitative estimate of drug-likeness (QED) is 0.746. The van der Waals surface area contributed by atoms with Crippen LogP contribution < -0.4 is 5.32 Å². The largest absolute Gasteiger partial charge is 0.345 e. The molecule has 0 spiro atoms. The Bertz CT molecular complexity index is 610. The molecule has 0 aliphatic rings. The first kappa shape index (κ1) is 16.2. The predicted octanol–water partition coefficient (Wildman–Crippen LogP) is 4.64. The Morgan fingerprint density at radius 1 is 1.29 bits per heavy atom. The third-order valence-electron chi connectivity index (χ3n) is 3.48. The third-order valence-corrected chi connectivity index (χ3v) is 4.09. The minimum Gasteiger partial charge on any atom is -0.345 e. The summed E-state index contributed by atoms with van der Waals surface area (Å²) in [6, 6.07) is 6.67. The highest BCUT2D eigenvalue weighted by molar-refractivity contribution is 9.10. The molecular formula is C16H19BrF2N2. The van der Waals surface area contributed by atoms with Crippen molar-refractivity contribution in [1.82, 2.24) is 9.88 Å². The molecule has 0 saturated heterocycles. The summed E-state index contributed by atoms with van der Waals surface area (Å²) in [5.41, 5.74) is 1.09. The van der Waals surface area contributed by atoms with E-state index >= 15 is 0 Å².